The molecule has 0 fully saturated rings. The summed E-state index contributed by atoms with van der Waals surface area (Å²) in [6.45, 7) is 1.83. The molecule has 0 saturated heterocycles. The second-order valence-corrected chi connectivity index (χ2v) is 5.88. The first kappa shape index (κ1) is 23.1. The number of benzene rings is 2. The molecule has 1 amide bonds. The van der Waals surface area contributed by atoms with Crippen LogP contribution in [0.1, 0.15) is 30.1 Å². The molecule has 0 heterocycles. The lowest BCUT2D eigenvalue weighted by atomic mass is 10.1. The Balaban J connectivity index is 0.00000392. The van der Waals surface area contributed by atoms with Gasteiger partial charge in [0.15, 0.2) is 17.3 Å². The van der Waals surface area contributed by atoms with E-state index in [2.05, 4.69) is 5.32 Å². The Labute approximate surface area is 170 Å². The topological polar surface area (TPSA) is 99.9 Å². The van der Waals surface area contributed by atoms with Crippen molar-refractivity contribution in [2.45, 2.75) is 19.8 Å². The highest BCUT2D eigenvalue weighted by molar-refractivity contribution is 5.94. The molecular weight excluding hydrogens is 384 g/mol. The highest BCUT2D eigenvalue weighted by Gasteiger charge is 2.09. The SMILES string of the molecule is COc1ccc(NC(=O)CCCOc2ccc(C(C)=O)cc2OC)cc1N.Cl. The van der Waals surface area contributed by atoms with Crippen LogP contribution in [0.4, 0.5) is 11.4 Å². The van der Waals surface area contributed by atoms with Crippen LogP contribution in [0.5, 0.6) is 17.2 Å². The molecule has 8 heteroatoms. The van der Waals surface area contributed by atoms with Gasteiger partial charge in [0.1, 0.15) is 5.75 Å². The van der Waals surface area contributed by atoms with Crippen molar-refractivity contribution in [1.82, 2.24) is 0 Å². The van der Waals surface area contributed by atoms with Gasteiger partial charge in [-0.15, -0.1) is 12.4 Å². The molecule has 0 atom stereocenters. The van der Waals surface area contributed by atoms with Gasteiger partial charge in [0, 0.05) is 17.7 Å². The van der Waals surface area contributed by atoms with Crippen molar-refractivity contribution in [3.8, 4) is 17.2 Å². The quantitative estimate of drug-likeness (QED) is 0.372. The number of hydrogen-bond donors (Lipinski definition) is 2. The van der Waals surface area contributed by atoms with Crippen molar-refractivity contribution in [3.05, 3.63) is 42.0 Å². The molecule has 3 N–H and O–H groups in total. The minimum atomic E-state index is -0.137. The Kier molecular flexibility index (Phi) is 9.11. The lowest BCUT2D eigenvalue weighted by molar-refractivity contribution is -0.116. The fourth-order valence-corrected chi connectivity index (χ4v) is 2.46. The van der Waals surface area contributed by atoms with E-state index in [0.717, 1.165) is 0 Å². The van der Waals surface area contributed by atoms with Gasteiger partial charge in [-0.25, -0.2) is 0 Å². The average molecular weight is 409 g/mol. The number of anilines is 2. The molecule has 0 bridgehead atoms. The number of nitrogen functional groups attached to an aromatic ring is 1. The smallest absolute Gasteiger partial charge is 0.224 e. The van der Waals surface area contributed by atoms with Crippen molar-refractivity contribution in [1.29, 1.82) is 0 Å². The Morgan fingerprint density at radius 1 is 1.00 bits per heavy atom. The first-order valence-electron chi connectivity index (χ1n) is 8.49. The second kappa shape index (κ2) is 11.0. The predicted octanol–water partition coefficient (Wildman–Crippen LogP) is 3.71. The summed E-state index contributed by atoms with van der Waals surface area (Å²) in [7, 11) is 3.05. The third-order valence-electron chi connectivity index (χ3n) is 3.89. The lowest BCUT2D eigenvalue weighted by Crippen LogP contribution is -2.13. The van der Waals surface area contributed by atoms with Crippen LogP contribution in [0, 0.1) is 0 Å². The number of nitrogens with one attached hydrogen (secondary N) is 1. The molecule has 0 aliphatic rings. The second-order valence-electron chi connectivity index (χ2n) is 5.88. The predicted molar refractivity (Wildman–Crippen MR) is 111 cm³/mol. The van der Waals surface area contributed by atoms with Gasteiger partial charge >= 0.3 is 0 Å². The van der Waals surface area contributed by atoms with Crippen molar-refractivity contribution >= 4 is 35.5 Å². The van der Waals surface area contributed by atoms with Crippen LogP contribution in [0.15, 0.2) is 36.4 Å². The van der Waals surface area contributed by atoms with Crippen LogP contribution < -0.4 is 25.3 Å². The highest BCUT2D eigenvalue weighted by Crippen LogP contribution is 2.28. The number of ether oxygens (including phenoxy) is 3. The molecule has 0 spiro atoms. The number of nitrogens with two attached hydrogens (primary N) is 1. The van der Waals surface area contributed by atoms with E-state index >= 15 is 0 Å². The van der Waals surface area contributed by atoms with E-state index in [0.29, 0.717) is 53.6 Å². The summed E-state index contributed by atoms with van der Waals surface area (Å²) in [6.07, 6.45) is 0.814. The summed E-state index contributed by atoms with van der Waals surface area (Å²) < 4.78 is 16.0. The Bertz CT molecular complexity index is 826. The fourth-order valence-electron chi connectivity index (χ4n) is 2.46. The Morgan fingerprint density at radius 2 is 1.68 bits per heavy atom. The van der Waals surface area contributed by atoms with Crippen molar-refractivity contribution in [3.63, 3.8) is 0 Å². The normalized spacial score (nSPS) is 9.82. The van der Waals surface area contributed by atoms with E-state index < -0.39 is 0 Å². The van der Waals surface area contributed by atoms with E-state index in [4.69, 9.17) is 19.9 Å². The van der Waals surface area contributed by atoms with Gasteiger partial charge in [-0.05, 0) is 49.7 Å². The minimum absolute atomic E-state index is 0. The molecule has 2 rings (SSSR count). The van der Waals surface area contributed by atoms with E-state index in [1.807, 2.05) is 0 Å². The molecule has 0 unspecified atom stereocenters. The standard InChI is InChI=1S/C20H24N2O5.ClH/c1-13(23)14-6-8-18(19(11-14)26-3)27-10-4-5-20(24)22-15-7-9-17(25-2)16(21)12-15;/h6-9,11-12H,4-5,10,21H2,1-3H3,(H,22,24);1H. The number of halogens is 1. The highest BCUT2D eigenvalue weighted by atomic mass is 35.5. The zero-order chi connectivity index (χ0) is 19.8. The van der Waals surface area contributed by atoms with Gasteiger partial charge in [-0.1, -0.05) is 0 Å². The van der Waals surface area contributed by atoms with Gasteiger partial charge in [-0.3, -0.25) is 9.59 Å². The van der Waals surface area contributed by atoms with Gasteiger partial charge < -0.3 is 25.3 Å². The number of amides is 1. The van der Waals surface area contributed by atoms with E-state index in [1.165, 1.54) is 21.1 Å². The summed E-state index contributed by atoms with van der Waals surface area (Å²) in [4.78, 5) is 23.4. The van der Waals surface area contributed by atoms with Crippen LogP contribution in [-0.4, -0.2) is 32.5 Å². The van der Waals surface area contributed by atoms with E-state index in [1.54, 1.807) is 36.4 Å². The van der Waals surface area contributed by atoms with Crippen LogP contribution >= 0.6 is 12.4 Å². The largest absolute Gasteiger partial charge is 0.495 e. The molecule has 152 valence electrons. The van der Waals surface area contributed by atoms with Crippen molar-refractivity contribution in [2.75, 3.05) is 31.9 Å². The maximum absolute atomic E-state index is 12.0. The van der Waals surface area contributed by atoms with Crippen molar-refractivity contribution < 1.29 is 23.8 Å². The van der Waals surface area contributed by atoms with Gasteiger partial charge in [0.25, 0.3) is 0 Å². The van der Waals surface area contributed by atoms with Crippen LogP contribution in [0.25, 0.3) is 0 Å². The molecule has 2 aromatic rings. The third-order valence-corrected chi connectivity index (χ3v) is 3.89. The molecule has 28 heavy (non-hydrogen) atoms. The van der Waals surface area contributed by atoms with Crippen LogP contribution in [-0.2, 0) is 4.79 Å². The molecule has 0 saturated carbocycles. The zero-order valence-corrected chi connectivity index (χ0v) is 16.9. The summed E-state index contributed by atoms with van der Waals surface area (Å²) >= 11 is 0. The summed E-state index contributed by atoms with van der Waals surface area (Å²) in [5, 5.41) is 2.78. The number of Topliss-reactive ketones (excluding diaryl/α,β-unsaturated/α-hetero) is 1. The number of carbonyl (C=O) groups is 2. The maximum Gasteiger partial charge on any atom is 0.224 e. The van der Waals surface area contributed by atoms with Crippen LogP contribution in [0.2, 0.25) is 0 Å². The number of rotatable bonds is 9. The molecule has 2 aromatic carbocycles. The summed E-state index contributed by atoms with van der Waals surface area (Å²) in [5.41, 5.74) is 7.44. The number of methoxy groups -OCH3 is 2. The van der Waals surface area contributed by atoms with E-state index in [9.17, 15) is 9.59 Å². The lowest BCUT2D eigenvalue weighted by Gasteiger charge is -2.12. The number of hydrogen-bond acceptors (Lipinski definition) is 6. The van der Waals surface area contributed by atoms with Gasteiger partial charge in [0.05, 0.1) is 26.5 Å². The molecule has 7 nitrogen and oxygen atoms in total. The maximum atomic E-state index is 12.0. The average Bonchev–Trinajstić information content (AvgIpc) is 2.65. The van der Waals surface area contributed by atoms with Crippen molar-refractivity contribution in [2.24, 2.45) is 0 Å². The van der Waals surface area contributed by atoms with Gasteiger partial charge in [-0.2, -0.15) is 0 Å². The number of ketones is 1. The monoisotopic (exact) mass is 408 g/mol. The summed E-state index contributed by atoms with van der Waals surface area (Å²) in [6, 6.07) is 10.1. The minimum Gasteiger partial charge on any atom is -0.495 e. The first-order chi connectivity index (χ1) is 12.9. The fraction of sp³-hybridized carbons (Fsp3) is 0.300. The Morgan fingerprint density at radius 3 is 2.29 bits per heavy atom. The number of carbonyl (C=O) groups excluding carboxylic acids is 2. The molecule has 0 aliphatic heterocycles. The molecular formula is C20H25ClN2O5. The first-order valence-corrected chi connectivity index (χ1v) is 8.49. The molecule has 0 aliphatic carbocycles. The summed E-state index contributed by atoms with van der Waals surface area (Å²) in [5.74, 6) is 1.40. The zero-order valence-electron chi connectivity index (χ0n) is 16.1. The van der Waals surface area contributed by atoms with Crippen LogP contribution in [0.3, 0.4) is 0 Å². The molecule has 0 radical (unpaired) electrons. The van der Waals surface area contributed by atoms with E-state index in [-0.39, 0.29) is 24.1 Å². The van der Waals surface area contributed by atoms with Gasteiger partial charge in [0.2, 0.25) is 5.91 Å². The molecule has 0 aromatic heterocycles. The third kappa shape index (κ3) is 6.35. The Hall–Kier alpha value is -2.93.